The molecule has 0 N–H and O–H groups in total. The van der Waals surface area contributed by atoms with Crippen molar-refractivity contribution in [3.63, 3.8) is 0 Å². The molecule has 2 aromatic carbocycles. The van der Waals surface area contributed by atoms with E-state index < -0.39 is 11.7 Å². The molecule has 0 unspecified atom stereocenters. The van der Waals surface area contributed by atoms with Gasteiger partial charge in [0.05, 0.1) is 13.2 Å². The van der Waals surface area contributed by atoms with E-state index in [1.165, 1.54) is 30.2 Å². The van der Waals surface area contributed by atoms with Gasteiger partial charge in [-0.15, -0.1) is 11.3 Å². The Morgan fingerprint density at radius 1 is 0.968 bits per heavy atom. The third kappa shape index (κ3) is 6.73. The molecule has 1 heterocycles. The number of nitrogens with zero attached hydrogens (tertiary/aromatic N) is 2. The normalized spacial score (nSPS) is 10.6. The van der Waals surface area contributed by atoms with Gasteiger partial charge in [-0.05, 0) is 35.2 Å². The number of hydrogen-bond acceptors (Lipinski definition) is 4. The first kappa shape index (κ1) is 22.7. The lowest BCUT2D eigenvalue weighted by Gasteiger charge is -2.27. The second-order valence-corrected chi connectivity index (χ2v) is 8.08. The van der Waals surface area contributed by atoms with E-state index >= 15 is 0 Å². The zero-order valence-corrected chi connectivity index (χ0v) is 18.2. The van der Waals surface area contributed by atoms with Crippen LogP contribution in [-0.4, -0.2) is 48.4 Å². The summed E-state index contributed by atoms with van der Waals surface area (Å²) in [5.41, 5.74) is 1.21. The Kier molecular flexibility index (Phi) is 8.32. The van der Waals surface area contributed by atoms with Crippen LogP contribution >= 0.6 is 11.3 Å². The molecule has 0 spiro atoms. The van der Waals surface area contributed by atoms with Crippen LogP contribution in [0.25, 0.3) is 0 Å². The molecule has 7 heteroatoms. The Morgan fingerprint density at radius 3 is 2.45 bits per heavy atom. The molecule has 3 aromatic rings. The molecule has 162 valence electrons. The Balaban J connectivity index is 1.78. The van der Waals surface area contributed by atoms with Gasteiger partial charge in [0.1, 0.15) is 12.4 Å². The van der Waals surface area contributed by atoms with Crippen LogP contribution in [0, 0.1) is 5.82 Å². The van der Waals surface area contributed by atoms with E-state index in [9.17, 15) is 14.0 Å². The van der Waals surface area contributed by atoms with Crippen molar-refractivity contribution < 1.29 is 18.7 Å². The highest BCUT2D eigenvalue weighted by atomic mass is 32.1. The maximum atomic E-state index is 13.6. The number of thiophene rings is 1. The Bertz CT molecular complexity index is 980. The third-order valence-electron chi connectivity index (χ3n) is 4.75. The molecule has 1 aromatic heterocycles. The van der Waals surface area contributed by atoms with Gasteiger partial charge in [0.2, 0.25) is 5.91 Å². The van der Waals surface area contributed by atoms with Gasteiger partial charge in [-0.3, -0.25) is 9.59 Å². The lowest BCUT2D eigenvalue weighted by atomic mass is 10.2. The van der Waals surface area contributed by atoms with Crippen LogP contribution in [0.2, 0.25) is 0 Å². The largest absolute Gasteiger partial charge is 0.383 e. The van der Waals surface area contributed by atoms with Crippen molar-refractivity contribution in [3.8, 4) is 0 Å². The highest BCUT2D eigenvalue weighted by Crippen LogP contribution is 2.16. The van der Waals surface area contributed by atoms with E-state index in [0.29, 0.717) is 13.1 Å². The summed E-state index contributed by atoms with van der Waals surface area (Å²) < 4.78 is 18.7. The molecule has 2 amide bonds. The summed E-state index contributed by atoms with van der Waals surface area (Å²) in [5, 5.41) is 1.97. The Labute approximate surface area is 185 Å². The smallest absolute Gasteiger partial charge is 0.254 e. The monoisotopic (exact) mass is 440 g/mol. The van der Waals surface area contributed by atoms with E-state index in [1.807, 2.05) is 47.8 Å². The molecular weight excluding hydrogens is 415 g/mol. The minimum absolute atomic E-state index is 0.114. The van der Waals surface area contributed by atoms with E-state index in [2.05, 4.69) is 0 Å². The third-order valence-corrected chi connectivity index (χ3v) is 5.61. The average Bonchev–Trinajstić information content (AvgIpc) is 3.29. The SMILES string of the molecule is COCCN(CC(=O)N(Cc1ccccc1)Cc1cccs1)C(=O)c1cccc(F)c1. The summed E-state index contributed by atoms with van der Waals surface area (Å²) in [4.78, 5) is 30.4. The van der Waals surface area contributed by atoms with Crippen LogP contribution in [0.1, 0.15) is 20.8 Å². The predicted octanol–water partition coefficient (Wildman–Crippen LogP) is 4.20. The van der Waals surface area contributed by atoms with Crippen molar-refractivity contribution in [2.24, 2.45) is 0 Å². The molecule has 0 fully saturated rings. The lowest BCUT2D eigenvalue weighted by molar-refractivity contribution is -0.133. The summed E-state index contributed by atoms with van der Waals surface area (Å²) in [6, 6.07) is 19.2. The number of rotatable bonds is 10. The number of methoxy groups -OCH3 is 1. The van der Waals surface area contributed by atoms with E-state index in [0.717, 1.165) is 10.4 Å². The minimum atomic E-state index is -0.493. The summed E-state index contributed by atoms with van der Waals surface area (Å²) in [6.07, 6.45) is 0. The minimum Gasteiger partial charge on any atom is -0.383 e. The first-order chi connectivity index (χ1) is 15.1. The average molecular weight is 441 g/mol. The number of benzene rings is 2. The van der Waals surface area contributed by atoms with Gasteiger partial charge in [0.15, 0.2) is 0 Å². The number of halogens is 1. The molecule has 0 atom stereocenters. The Morgan fingerprint density at radius 2 is 1.77 bits per heavy atom. The van der Waals surface area contributed by atoms with Crippen LogP contribution < -0.4 is 0 Å². The van der Waals surface area contributed by atoms with Crippen LogP contribution in [0.4, 0.5) is 4.39 Å². The highest BCUT2D eigenvalue weighted by Gasteiger charge is 2.23. The summed E-state index contributed by atoms with van der Waals surface area (Å²) >= 11 is 1.58. The van der Waals surface area contributed by atoms with Crippen molar-refractivity contribution in [2.75, 3.05) is 26.8 Å². The van der Waals surface area contributed by atoms with Crippen molar-refractivity contribution in [1.29, 1.82) is 0 Å². The molecule has 5 nitrogen and oxygen atoms in total. The van der Waals surface area contributed by atoms with Crippen LogP contribution in [-0.2, 0) is 22.6 Å². The second kappa shape index (κ2) is 11.4. The maximum absolute atomic E-state index is 13.6. The fourth-order valence-corrected chi connectivity index (χ4v) is 3.87. The molecule has 0 saturated carbocycles. The molecule has 0 aliphatic heterocycles. The first-order valence-electron chi connectivity index (χ1n) is 9.94. The van der Waals surface area contributed by atoms with Crippen LogP contribution in [0.15, 0.2) is 72.1 Å². The van der Waals surface area contributed by atoms with Gasteiger partial charge in [-0.1, -0.05) is 42.5 Å². The van der Waals surface area contributed by atoms with E-state index in [4.69, 9.17) is 4.74 Å². The second-order valence-electron chi connectivity index (χ2n) is 7.04. The standard InChI is InChI=1S/C24H25FN2O3S/c1-30-13-12-26(24(29)20-9-5-10-21(25)15-20)18-23(28)27(17-22-11-6-14-31-22)16-19-7-3-2-4-8-19/h2-11,14-15H,12-13,16-18H2,1H3. The van der Waals surface area contributed by atoms with Crippen LogP contribution in [0.3, 0.4) is 0 Å². The molecule has 0 bridgehead atoms. The zero-order chi connectivity index (χ0) is 22.1. The van der Waals surface area contributed by atoms with Gasteiger partial charge < -0.3 is 14.5 Å². The van der Waals surface area contributed by atoms with Gasteiger partial charge in [-0.2, -0.15) is 0 Å². The summed E-state index contributed by atoms with van der Waals surface area (Å²) in [6.45, 7) is 1.28. The van der Waals surface area contributed by atoms with Crippen molar-refractivity contribution in [2.45, 2.75) is 13.1 Å². The molecule has 0 aliphatic rings. The summed E-state index contributed by atoms with van der Waals surface area (Å²) in [5.74, 6) is -1.08. The quantitative estimate of drug-likeness (QED) is 0.475. The number of carbonyl (C=O) groups excluding carboxylic acids is 2. The fraction of sp³-hybridized carbons (Fsp3) is 0.250. The molecular formula is C24H25FN2O3S. The lowest BCUT2D eigenvalue weighted by Crippen LogP contribution is -2.43. The van der Waals surface area contributed by atoms with E-state index in [-0.39, 0.29) is 31.2 Å². The highest BCUT2D eigenvalue weighted by molar-refractivity contribution is 7.09. The summed E-state index contributed by atoms with van der Waals surface area (Å²) in [7, 11) is 1.53. The van der Waals surface area contributed by atoms with Crippen LogP contribution in [0.5, 0.6) is 0 Å². The Hall–Kier alpha value is -3.03. The van der Waals surface area contributed by atoms with Gasteiger partial charge in [-0.25, -0.2) is 4.39 Å². The predicted molar refractivity (Wildman–Crippen MR) is 119 cm³/mol. The molecule has 0 aliphatic carbocycles. The zero-order valence-electron chi connectivity index (χ0n) is 17.4. The molecule has 0 radical (unpaired) electrons. The van der Waals surface area contributed by atoms with Gasteiger partial charge in [0, 0.05) is 30.6 Å². The molecule has 3 rings (SSSR count). The first-order valence-corrected chi connectivity index (χ1v) is 10.8. The molecule has 31 heavy (non-hydrogen) atoms. The van der Waals surface area contributed by atoms with Gasteiger partial charge in [0.25, 0.3) is 5.91 Å². The number of carbonyl (C=O) groups is 2. The van der Waals surface area contributed by atoms with E-state index in [1.54, 1.807) is 22.3 Å². The van der Waals surface area contributed by atoms with Crippen molar-refractivity contribution >= 4 is 23.2 Å². The molecule has 0 saturated heterocycles. The fourth-order valence-electron chi connectivity index (χ4n) is 3.15. The number of amides is 2. The maximum Gasteiger partial charge on any atom is 0.254 e. The number of ether oxygens (including phenoxy) is 1. The van der Waals surface area contributed by atoms with Gasteiger partial charge >= 0.3 is 0 Å². The van der Waals surface area contributed by atoms with Crippen molar-refractivity contribution in [1.82, 2.24) is 9.80 Å². The number of hydrogen-bond donors (Lipinski definition) is 0. The topological polar surface area (TPSA) is 49.9 Å². The van der Waals surface area contributed by atoms with Crippen molar-refractivity contribution in [3.05, 3.63) is 93.9 Å².